The molecule has 1 N–H and O–H groups in total. The van der Waals surface area contributed by atoms with E-state index < -0.39 is 5.54 Å². The molecule has 0 unspecified atom stereocenters. The molecule has 1 aliphatic carbocycles. The van der Waals surface area contributed by atoms with Crippen molar-refractivity contribution in [2.45, 2.75) is 31.2 Å². The van der Waals surface area contributed by atoms with E-state index in [9.17, 15) is 9.59 Å². The molecule has 1 spiro atoms. The lowest BCUT2D eigenvalue weighted by Crippen LogP contribution is -2.66. The van der Waals surface area contributed by atoms with E-state index in [1.165, 1.54) is 0 Å². The molecule has 5 heteroatoms. The lowest BCUT2D eigenvalue weighted by molar-refractivity contribution is -0.153. The van der Waals surface area contributed by atoms with Crippen molar-refractivity contribution in [3.63, 3.8) is 0 Å². The highest BCUT2D eigenvalue weighted by Crippen LogP contribution is 2.37. The molecule has 5 nitrogen and oxygen atoms in total. The number of nitrogens with zero attached hydrogens (tertiary/aromatic N) is 1. The maximum atomic E-state index is 12.3. The highest BCUT2D eigenvalue weighted by molar-refractivity contribution is 5.98. The van der Waals surface area contributed by atoms with E-state index in [2.05, 4.69) is 5.32 Å². The molecule has 3 rings (SSSR count). The van der Waals surface area contributed by atoms with Crippen LogP contribution < -0.4 is 10.1 Å². The van der Waals surface area contributed by atoms with Gasteiger partial charge in [0.2, 0.25) is 11.8 Å². The molecule has 1 saturated carbocycles. The minimum absolute atomic E-state index is 0.000638. The Morgan fingerprint density at radius 1 is 1.14 bits per heavy atom. The zero-order valence-electron chi connectivity index (χ0n) is 12.0. The first-order valence-corrected chi connectivity index (χ1v) is 7.49. The number of ether oxygens (including phenoxy) is 1. The minimum Gasteiger partial charge on any atom is -0.492 e. The molecule has 0 atom stereocenters. The molecule has 1 aromatic rings. The first-order valence-electron chi connectivity index (χ1n) is 7.49. The third kappa shape index (κ3) is 2.60. The van der Waals surface area contributed by atoms with E-state index >= 15 is 0 Å². The van der Waals surface area contributed by atoms with Crippen molar-refractivity contribution in [3.8, 4) is 5.75 Å². The number of hydrogen-bond donors (Lipinski definition) is 1. The fraction of sp³-hybridized carbons (Fsp3) is 0.500. The van der Waals surface area contributed by atoms with E-state index in [0.29, 0.717) is 13.2 Å². The van der Waals surface area contributed by atoms with Crippen molar-refractivity contribution in [2.24, 2.45) is 0 Å². The van der Waals surface area contributed by atoms with Gasteiger partial charge in [-0.3, -0.25) is 9.59 Å². The number of rotatable bonds is 4. The van der Waals surface area contributed by atoms with Crippen molar-refractivity contribution in [2.75, 3.05) is 19.7 Å². The summed E-state index contributed by atoms with van der Waals surface area (Å²) in [6.45, 7) is 0.970. The smallest absolute Gasteiger partial charge is 0.246 e. The van der Waals surface area contributed by atoms with E-state index in [4.69, 9.17) is 4.74 Å². The summed E-state index contributed by atoms with van der Waals surface area (Å²) in [6.07, 6.45) is 3.51. The van der Waals surface area contributed by atoms with Crippen LogP contribution >= 0.6 is 0 Å². The van der Waals surface area contributed by atoms with Gasteiger partial charge in [-0.05, 0) is 25.0 Å². The fourth-order valence-corrected chi connectivity index (χ4v) is 3.34. The van der Waals surface area contributed by atoms with Gasteiger partial charge in [-0.1, -0.05) is 31.0 Å². The maximum Gasteiger partial charge on any atom is 0.246 e. The van der Waals surface area contributed by atoms with Gasteiger partial charge in [-0.2, -0.15) is 0 Å². The zero-order chi connectivity index (χ0) is 14.7. The van der Waals surface area contributed by atoms with Crippen LogP contribution in [-0.2, 0) is 9.59 Å². The first kappa shape index (κ1) is 13.9. The average molecular weight is 288 g/mol. The number of carbonyl (C=O) groups excluding carboxylic acids is 2. The second kappa shape index (κ2) is 5.76. The van der Waals surface area contributed by atoms with E-state index in [1.807, 2.05) is 30.3 Å². The van der Waals surface area contributed by atoms with Gasteiger partial charge in [0.25, 0.3) is 0 Å². The van der Waals surface area contributed by atoms with Crippen LogP contribution in [0.25, 0.3) is 0 Å². The largest absolute Gasteiger partial charge is 0.492 e. The molecule has 21 heavy (non-hydrogen) atoms. The molecule has 0 aromatic heterocycles. The lowest BCUT2D eigenvalue weighted by atomic mass is 9.91. The molecule has 1 saturated heterocycles. The normalized spacial score (nSPS) is 20.7. The number of piperazine rings is 1. The molecule has 0 radical (unpaired) electrons. The third-order valence-electron chi connectivity index (χ3n) is 4.40. The molecule has 1 aromatic carbocycles. The van der Waals surface area contributed by atoms with Gasteiger partial charge in [0, 0.05) is 0 Å². The predicted octanol–water partition coefficient (Wildman–Crippen LogP) is 1.34. The van der Waals surface area contributed by atoms with Crippen LogP contribution in [-0.4, -0.2) is 41.9 Å². The first-order chi connectivity index (χ1) is 10.2. The highest BCUT2D eigenvalue weighted by Gasteiger charge is 2.50. The predicted molar refractivity (Wildman–Crippen MR) is 77.9 cm³/mol. The van der Waals surface area contributed by atoms with Crippen LogP contribution in [0.15, 0.2) is 30.3 Å². The van der Waals surface area contributed by atoms with Crippen LogP contribution in [0, 0.1) is 0 Å². The molecule has 2 fully saturated rings. The van der Waals surface area contributed by atoms with Crippen LogP contribution in [0.4, 0.5) is 0 Å². The molecule has 2 amide bonds. The summed E-state index contributed by atoms with van der Waals surface area (Å²) in [7, 11) is 0. The quantitative estimate of drug-likeness (QED) is 0.909. The van der Waals surface area contributed by atoms with Gasteiger partial charge in [0.1, 0.15) is 17.9 Å². The highest BCUT2D eigenvalue weighted by atomic mass is 16.5. The van der Waals surface area contributed by atoms with Crippen LogP contribution in [0.5, 0.6) is 5.75 Å². The summed E-state index contributed by atoms with van der Waals surface area (Å²) < 4.78 is 5.67. The summed E-state index contributed by atoms with van der Waals surface area (Å²) in [5.41, 5.74) is -0.630. The monoisotopic (exact) mass is 288 g/mol. The maximum absolute atomic E-state index is 12.3. The second-order valence-corrected chi connectivity index (χ2v) is 5.63. The fourth-order valence-electron chi connectivity index (χ4n) is 3.34. The number of benzene rings is 1. The molecular formula is C16H20N2O3. The Balaban J connectivity index is 1.66. The molecule has 0 bridgehead atoms. The van der Waals surface area contributed by atoms with Gasteiger partial charge in [0.05, 0.1) is 13.1 Å². The Morgan fingerprint density at radius 2 is 1.86 bits per heavy atom. The number of para-hydroxylation sites is 1. The number of hydrogen-bond acceptors (Lipinski definition) is 3. The summed E-state index contributed by atoms with van der Waals surface area (Å²) in [5.74, 6) is 0.777. The van der Waals surface area contributed by atoms with Crippen LogP contribution in [0.1, 0.15) is 25.7 Å². The van der Waals surface area contributed by atoms with Gasteiger partial charge in [0.15, 0.2) is 0 Å². The van der Waals surface area contributed by atoms with Crippen LogP contribution in [0.3, 0.4) is 0 Å². The standard InChI is InChI=1S/C16H20N2O3/c19-14-12-17-15(20)16(8-4-5-9-16)18(14)10-11-21-13-6-2-1-3-7-13/h1-3,6-7H,4-5,8-12H2,(H,17,20). The van der Waals surface area contributed by atoms with Crippen LogP contribution in [0.2, 0.25) is 0 Å². The van der Waals surface area contributed by atoms with Crippen molar-refractivity contribution < 1.29 is 14.3 Å². The Bertz CT molecular complexity index is 524. The van der Waals surface area contributed by atoms with E-state index in [1.54, 1.807) is 4.90 Å². The molecular weight excluding hydrogens is 268 g/mol. The lowest BCUT2D eigenvalue weighted by Gasteiger charge is -2.43. The molecule has 1 heterocycles. The summed E-state index contributed by atoms with van der Waals surface area (Å²) in [5, 5.41) is 2.73. The Kier molecular flexibility index (Phi) is 3.82. The van der Waals surface area contributed by atoms with Gasteiger partial charge >= 0.3 is 0 Å². The summed E-state index contributed by atoms with van der Waals surface area (Å²) >= 11 is 0. The van der Waals surface area contributed by atoms with Gasteiger partial charge < -0.3 is 15.0 Å². The third-order valence-corrected chi connectivity index (χ3v) is 4.40. The van der Waals surface area contributed by atoms with Crippen molar-refractivity contribution in [1.82, 2.24) is 10.2 Å². The van der Waals surface area contributed by atoms with Gasteiger partial charge in [-0.15, -0.1) is 0 Å². The number of carbonyl (C=O) groups is 2. The number of amides is 2. The summed E-state index contributed by atoms with van der Waals surface area (Å²) in [6, 6.07) is 9.52. The molecule has 1 aliphatic heterocycles. The Labute approximate surface area is 124 Å². The van der Waals surface area contributed by atoms with E-state index in [0.717, 1.165) is 31.4 Å². The SMILES string of the molecule is O=C1CNC(=O)C2(CCCC2)N1CCOc1ccccc1. The Hall–Kier alpha value is -2.04. The van der Waals surface area contributed by atoms with Crippen molar-refractivity contribution >= 4 is 11.8 Å². The van der Waals surface area contributed by atoms with Crippen molar-refractivity contribution in [3.05, 3.63) is 30.3 Å². The minimum atomic E-state index is -0.630. The molecule has 2 aliphatic rings. The topological polar surface area (TPSA) is 58.6 Å². The molecule has 112 valence electrons. The summed E-state index contributed by atoms with van der Waals surface area (Å²) in [4.78, 5) is 26.2. The van der Waals surface area contributed by atoms with Gasteiger partial charge in [-0.25, -0.2) is 0 Å². The second-order valence-electron chi connectivity index (χ2n) is 5.63. The average Bonchev–Trinajstić information content (AvgIpc) is 2.99. The van der Waals surface area contributed by atoms with Crippen molar-refractivity contribution in [1.29, 1.82) is 0 Å². The van der Waals surface area contributed by atoms with E-state index in [-0.39, 0.29) is 18.4 Å². The Morgan fingerprint density at radius 3 is 2.57 bits per heavy atom. The number of nitrogens with one attached hydrogen (secondary N) is 1. The zero-order valence-corrected chi connectivity index (χ0v) is 12.0.